The summed E-state index contributed by atoms with van der Waals surface area (Å²) in [5.74, 6) is -1.77. The van der Waals surface area contributed by atoms with Crippen LogP contribution in [0, 0.1) is 0 Å². The molecule has 0 saturated carbocycles. The zero-order valence-electron chi connectivity index (χ0n) is 12.7. The van der Waals surface area contributed by atoms with E-state index in [1.807, 2.05) is 0 Å². The minimum Gasteiger partial charge on any atom is -0.463 e. The summed E-state index contributed by atoms with van der Waals surface area (Å²) in [5, 5.41) is 42.5. The van der Waals surface area contributed by atoms with Gasteiger partial charge >= 0.3 is 5.97 Å². The number of aliphatic hydroxyl groups is 4. The highest BCUT2D eigenvalue weighted by Crippen LogP contribution is 2.20. The molecule has 1 rings (SSSR count). The summed E-state index contributed by atoms with van der Waals surface area (Å²) in [5.41, 5.74) is 0. The summed E-state index contributed by atoms with van der Waals surface area (Å²) in [6.45, 7) is 0.415. The molecule has 12 heteroatoms. The maximum atomic E-state index is 11.8. The second kappa shape index (κ2) is 9.11. The molecule has 0 spiro atoms. The van der Waals surface area contributed by atoms with Crippen LogP contribution in [0.2, 0.25) is 0 Å². The number of nitrogens with one attached hydrogen (secondary N) is 2. The number of hydrogen-bond donors (Lipinski definition) is 6. The van der Waals surface area contributed by atoms with Crippen LogP contribution in [-0.2, 0) is 19.1 Å². The van der Waals surface area contributed by atoms with Crippen LogP contribution in [-0.4, -0.2) is 87.2 Å². The lowest BCUT2D eigenvalue weighted by Gasteiger charge is -2.40. The minimum absolute atomic E-state index is 0.0404. The molecule has 140 valence electrons. The Labute approximate surface area is 147 Å². The van der Waals surface area contributed by atoms with Crippen molar-refractivity contribution in [1.82, 2.24) is 10.6 Å². The lowest BCUT2D eigenvalue weighted by atomic mass is 9.98. The van der Waals surface area contributed by atoms with Gasteiger partial charge in [-0.3, -0.25) is 10.1 Å². The van der Waals surface area contributed by atoms with Crippen LogP contribution in [0.15, 0.2) is 0 Å². The fraction of sp³-hybridized carbons (Fsp3) is 0.833. The zero-order valence-corrected chi connectivity index (χ0v) is 14.2. The molecule has 1 amide bonds. The van der Waals surface area contributed by atoms with E-state index in [-0.39, 0.29) is 6.61 Å². The molecule has 0 radical (unpaired) electrons. The molecule has 1 fully saturated rings. The molecule has 1 heterocycles. The van der Waals surface area contributed by atoms with E-state index >= 15 is 0 Å². The molecular weight excluding hydrogens is 371 g/mol. The van der Waals surface area contributed by atoms with Gasteiger partial charge < -0.3 is 35.2 Å². The SMILES string of the molecule is CCOC(=O)C(Cl)(Cl)NCC(=O)N[C@@H]1O[C@H](CO)[C@@H](O)[C@@H](O)[C@H]1O. The summed E-state index contributed by atoms with van der Waals surface area (Å²) in [7, 11) is 0. The van der Waals surface area contributed by atoms with E-state index in [9.17, 15) is 24.9 Å². The predicted molar refractivity (Wildman–Crippen MR) is 81.0 cm³/mol. The molecule has 1 aliphatic heterocycles. The second-order valence-corrected chi connectivity index (χ2v) is 6.29. The third-order valence-electron chi connectivity index (χ3n) is 3.20. The van der Waals surface area contributed by atoms with Crippen molar-refractivity contribution >= 4 is 35.1 Å². The van der Waals surface area contributed by atoms with Crippen LogP contribution >= 0.6 is 23.2 Å². The molecule has 0 aromatic heterocycles. The van der Waals surface area contributed by atoms with Gasteiger partial charge in [-0.15, -0.1) is 0 Å². The Kier molecular flexibility index (Phi) is 8.09. The van der Waals surface area contributed by atoms with E-state index in [1.165, 1.54) is 0 Å². The Morgan fingerprint density at radius 3 is 2.38 bits per heavy atom. The van der Waals surface area contributed by atoms with Crippen molar-refractivity contribution in [2.24, 2.45) is 0 Å². The number of amides is 1. The number of rotatable bonds is 7. The second-order valence-electron chi connectivity index (χ2n) is 4.97. The van der Waals surface area contributed by atoms with E-state index in [0.717, 1.165) is 0 Å². The fourth-order valence-corrected chi connectivity index (χ4v) is 2.16. The van der Waals surface area contributed by atoms with Gasteiger partial charge in [-0.25, -0.2) is 4.79 Å². The third kappa shape index (κ3) is 5.39. The molecule has 6 N–H and O–H groups in total. The minimum atomic E-state index is -2.15. The van der Waals surface area contributed by atoms with Gasteiger partial charge in [-0.1, -0.05) is 23.2 Å². The predicted octanol–water partition coefficient (Wildman–Crippen LogP) is -2.81. The molecule has 24 heavy (non-hydrogen) atoms. The highest BCUT2D eigenvalue weighted by molar-refractivity contribution is 6.57. The van der Waals surface area contributed by atoms with Crippen LogP contribution in [0.25, 0.3) is 0 Å². The average Bonchev–Trinajstić information content (AvgIpc) is 2.53. The Morgan fingerprint density at radius 2 is 1.83 bits per heavy atom. The van der Waals surface area contributed by atoms with Crippen LogP contribution in [0.4, 0.5) is 0 Å². The first kappa shape index (κ1) is 21.3. The summed E-state index contributed by atoms with van der Waals surface area (Å²) in [4.78, 5) is 23.3. The summed E-state index contributed by atoms with van der Waals surface area (Å²) in [6.07, 6.45) is -7.36. The van der Waals surface area contributed by atoms with Gasteiger partial charge in [0.1, 0.15) is 24.4 Å². The van der Waals surface area contributed by atoms with Crippen LogP contribution < -0.4 is 10.6 Å². The molecule has 0 aromatic carbocycles. The molecule has 5 atom stereocenters. The van der Waals surface area contributed by atoms with Crippen molar-refractivity contribution in [3.63, 3.8) is 0 Å². The smallest absolute Gasteiger partial charge is 0.358 e. The molecule has 1 saturated heterocycles. The Morgan fingerprint density at radius 1 is 1.21 bits per heavy atom. The number of halogens is 2. The van der Waals surface area contributed by atoms with E-state index in [2.05, 4.69) is 15.4 Å². The van der Waals surface area contributed by atoms with Gasteiger partial charge in [-0.05, 0) is 6.92 Å². The van der Waals surface area contributed by atoms with E-state index < -0.39 is 60.1 Å². The van der Waals surface area contributed by atoms with E-state index in [0.29, 0.717) is 0 Å². The largest absolute Gasteiger partial charge is 0.463 e. The van der Waals surface area contributed by atoms with Gasteiger partial charge in [0.25, 0.3) is 4.46 Å². The topological polar surface area (TPSA) is 158 Å². The quantitative estimate of drug-likeness (QED) is 0.153. The molecular formula is C12H20Cl2N2O8. The first-order valence-electron chi connectivity index (χ1n) is 7.04. The van der Waals surface area contributed by atoms with Crippen LogP contribution in [0.3, 0.4) is 0 Å². The van der Waals surface area contributed by atoms with E-state index in [4.69, 9.17) is 33.0 Å². The number of carbonyl (C=O) groups excluding carboxylic acids is 2. The molecule has 0 unspecified atom stereocenters. The molecule has 1 aliphatic rings. The summed E-state index contributed by atoms with van der Waals surface area (Å²) >= 11 is 11.4. The lowest BCUT2D eigenvalue weighted by Crippen LogP contribution is -2.64. The monoisotopic (exact) mass is 390 g/mol. The Hall–Kier alpha value is -0.720. The van der Waals surface area contributed by atoms with Crippen molar-refractivity contribution in [2.45, 2.75) is 42.0 Å². The van der Waals surface area contributed by atoms with Gasteiger partial charge in [0.2, 0.25) is 5.91 Å². The van der Waals surface area contributed by atoms with Crippen molar-refractivity contribution in [3.8, 4) is 0 Å². The third-order valence-corrected chi connectivity index (χ3v) is 3.77. The van der Waals surface area contributed by atoms with E-state index in [1.54, 1.807) is 6.92 Å². The first-order chi connectivity index (χ1) is 11.1. The molecule has 10 nitrogen and oxygen atoms in total. The van der Waals surface area contributed by atoms with Gasteiger partial charge in [0, 0.05) is 0 Å². The van der Waals surface area contributed by atoms with Crippen LogP contribution in [0.5, 0.6) is 0 Å². The van der Waals surface area contributed by atoms with Gasteiger partial charge in [0.15, 0.2) is 6.23 Å². The molecule has 0 aromatic rings. The lowest BCUT2D eigenvalue weighted by molar-refractivity contribution is -0.235. The highest BCUT2D eigenvalue weighted by atomic mass is 35.5. The summed E-state index contributed by atoms with van der Waals surface area (Å²) < 4.78 is 7.55. The Bertz CT molecular complexity index is 451. The summed E-state index contributed by atoms with van der Waals surface area (Å²) in [6, 6.07) is 0. The molecule has 0 aliphatic carbocycles. The number of carbonyl (C=O) groups is 2. The normalized spacial score (nSPS) is 30.7. The maximum Gasteiger partial charge on any atom is 0.358 e. The Balaban J connectivity index is 2.56. The van der Waals surface area contributed by atoms with Gasteiger partial charge in [-0.2, -0.15) is 0 Å². The number of hydrogen-bond acceptors (Lipinski definition) is 9. The number of ether oxygens (including phenoxy) is 2. The average molecular weight is 391 g/mol. The van der Waals surface area contributed by atoms with Crippen molar-refractivity contribution in [2.75, 3.05) is 19.8 Å². The first-order valence-corrected chi connectivity index (χ1v) is 7.79. The standard InChI is InChI=1S/C12H20Cl2N2O8/c1-2-23-11(22)12(13,14)15-3-6(18)16-10-9(21)8(20)7(19)5(4-17)24-10/h5,7-10,15,17,19-21H,2-4H2,1H3,(H,16,18)/t5-,7-,8-,9-,10-/m1/s1. The zero-order chi connectivity index (χ0) is 18.5. The number of alkyl halides is 2. The van der Waals surface area contributed by atoms with Crippen LogP contribution in [0.1, 0.15) is 6.92 Å². The van der Waals surface area contributed by atoms with Crippen molar-refractivity contribution in [3.05, 3.63) is 0 Å². The highest BCUT2D eigenvalue weighted by Gasteiger charge is 2.44. The fourth-order valence-electron chi connectivity index (χ4n) is 1.92. The molecule has 0 bridgehead atoms. The maximum absolute atomic E-state index is 11.8. The van der Waals surface area contributed by atoms with Crippen molar-refractivity contribution in [1.29, 1.82) is 0 Å². The van der Waals surface area contributed by atoms with Gasteiger partial charge in [0.05, 0.1) is 19.8 Å². The number of aliphatic hydroxyl groups excluding tert-OH is 4. The number of esters is 1. The van der Waals surface area contributed by atoms with Crippen molar-refractivity contribution < 1.29 is 39.5 Å².